The highest BCUT2D eigenvalue weighted by atomic mass is 35.5. The molecular formula is C26H27ClFN3O4S. The van der Waals surface area contributed by atoms with Gasteiger partial charge in [-0.15, -0.1) is 0 Å². The average molecular weight is 532 g/mol. The van der Waals surface area contributed by atoms with Crippen LogP contribution in [-0.4, -0.2) is 63.4 Å². The molecule has 10 heteroatoms. The molecule has 0 bridgehead atoms. The van der Waals surface area contributed by atoms with E-state index in [1.165, 1.54) is 25.3 Å². The van der Waals surface area contributed by atoms with Crippen LogP contribution in [0.1, 0.15) is 5.56 Å². The normalized spacial score (nSPS) is 14.2. The van der Waals surface area contributed by atoms with Crippen LogP contribution in [0.2, 0.25) is 5.02 Å². The Morgan fingerprint density at radius 1 is 1.00 bits per heavy atom. The molecule has 1 heterocycles. The number of ether oxygens (including phenoxy) is 1. The van der Waals surface area contributed by atoms with Crippen molar-refractivity contribution in [3.05, 3.63) is 89.2 Å². The van der Waals surface area contributed by atoms with E-state index < -0.39 is 10.0 Å². The monoisotopic (exact) mass is 531 g/mol. The van der Waals surface area contributed by atoms with Crippen LogP contribution >= 0.6 is 11.6 Å². The van der Waals surface area contributed by atoms with Crippen LogP contribution < -0.4 is 9.64 Å². The maximum absolute atomic E-state index is 14.2. The third kappa shape index (κ3) is 5.80. The average Bonchev–Trinajstić information content (AvgIpc) is 2.89. The molecule has 4 rings (SSSR count). The van der Waals surface area contributed by atoms with Gasteiger partial charge in [0.15, 0.2) is 0 Å². The third-order valence-corrected chi connectivity index (χ3v) is 8.13. The fraction of sp³-hybridized carbons (Fsp3) is 0.269. The summed E-state index contributed by atoms with van der Waals surface area (Å²) in [6, 6.07) is 19.9. The maximum atomic E-state index is 14.2. The number of methoxy groups -OCH3 is 1. The molecule has 1 fully saturated rings. The predicted octanol–water partition coefficient (Wildman–Crippen LogP) is 4.03. The molecule has 1 aliphatic heterocycles. The quantitative estimate of drug-likeness (QED) is 0.439. The Morgan fingerprint density at radius 3 is 2.33 bits per heavy atom. The Bertz CT molecular complexity index is 1320. The molecule has 0 atom stereocenters. The highest BCUT2D eigenvalue weighted by Crippen LogP contribution is 2.30. The lowest BCUT2D eigenvalue weighted by molar-refractivity contribution is -0.131. The summed E-state index contributed by atoms with van der Waals surface area (Å²) in [6.07, 6.45) is 0. The molecule has 1 aliphatic rings. The molecule has 7 nitrogen and oxygen atoms in total. The summed E-state index contributed by atoms with van der Waals surface area (Å²) in [5.74, 6) is -0.500. The van der Waals surface area contributed by atoms with E-state index >= 15 is 0 Å². The molecule has 190 valence electrons. The summed E-state index contributed by atoms with van der Waals surface area (Å²) in [6.45, 7) is 1.24. The van der Waals surface area contributed by atoms with Crippen LogP contribution in [-0.2, 0) is 21.4 Å². The van der Waals surface area contributed by atoms with Crippen molar-refractivity contribution in [1.82, 2.24) is 9.21 Å². The maximum Gasteiger partial charge on any atom is 0.247 e. The van der Waals surface area contributed by atoms with Crippen molar-refractivity contribution in [2.24, 2.45) is 0 Å². The van der Waals surface area contributed by atoms with E-state index in [1.54, 1.807) is 41.3 Å². The number of para-hydroxylation sites is 1. The minimum absolute atomic E-state index is 0.000226. The van der Waals surface area contributed by atoms with Crippen LogP contribution in [0, 0.1) is 5.82 Å². The van der Waals surface area contributed by atoms with Crippen molar-refractivity contribution in [2.75, 3.05) is 44.7 Å². The lowest BCUT2D eigenvalue weighted by Crippen LogP contribution is -2.52. The molecule has 1 saturated heterocycles. The molecular weight excluding hydrogens is 505 g/mol. The summed E-state index contributed by atoms with van der Waals surface area (Å²) in [7, 11) is -2.76. The van der Waals surface area contributed by atoms with Crippen molar-refractivity contribution in [1.29, 1.82) is 0 Å². The first-order chi connectivity index (χ1) is 17.3. The number of carbonyl (C=O) groups is 1. The molecule has 0 N–H and O–H groups in total. The van der Waals surface area contributed by atoms with Crippen molar-refractivity contribution in [3.63, 3.8) is 0 Å². The van der Waals surface area contributed by atoms with Crippen molar-refractivity contribution in [3.8, 4) is 5.75 Å². The molecule has 3 aromatic rings. The number of rotatable bonds is 8. The Balaban J connectivity index is 1.55. The van der Waals surface area contributed by atoms with Gasteiger partial charge >= 0.3 is 0 Å². The van der Waals surface area contributed by atoms with Gasteiger partial charge in [0.05, 0.1) is 19.3 Å². The first-order valence-corrected chi connectivity index (χ1v) is 13.3. The van der Waals surface area contributed by atoms with Crippen LogP contribution in [0.3, 0.4) is 0 Å². The lowest BCUT2D eigenvalue weighted by Gasteiger charge is -2.37. The van der Waals surface area contributed by atoms with Crippen LogP contribution in [0.4, 0.5) is 10.1 Å². The van der Waals surface area contributed by atoms with Crippen molar-refractivity contribution >= 4 is 33.2 Å². The Morgan fingerprint density at radius 2 is 1.67 bits per heavy atom. The fourth-order valence-corrected chi connectivity index (χ4v) is 5.96. The molecule has 0 aliphatic carbocycles. The molecule has 1 amide bonds. The number of sulfonamides is 1. The zero-order chi connectivity index (χ0) is 25.7. The third-order valence-electron chi connectivity index (χ3n) is 6.08. The van der Waals surface area contributed by atoms with Crippen LogP contribution in [0.5, 0.6) is 5.75 Å². The first-order valence-electron chi connectivity index (χ1n) is 11.4. The summed E-state index contributed by atoms with van der Waals surface area (Å²) >= 11 is 6.10. The smallest absolute Gasteiger partial charge is 0.247 e. The van der Waals surface area contributed by atoms with E-state index in [-0.39, 0.29) is 40.5 Å². The predicted molar refractivity (Wildman–Crippen MR) is 137 cm³/mol. The number of anilines is 1. The number of hydrogen-bond acceptors (Lipinski definition) is 5. The van der Waals surface area contributed by atoms with Gasteiger partial charge in [-0.3, -0.25) is 4.79 Å². The van der Waals surface area contributed by atoms with Gasteiger partial charge in [0.2, 0.25) is 15.9 Å². The Hall–Kier alpha value is -3.14. The number of halogens is 2. The minimum Gasteiger partial charge on any atom is -0.495 e. The summed E-state index contributed by atoms with van der Waals surface area (Å²) in [4.78, 5) is 16.7. The van der Waals surface area contributed by atoms with Crippen LogP contribution in [0.25, 0.3) is 0 Å². The van der Waals surface area contributed by atoms with Gasteiger partial charge in [-0.2, -0.15) is 4.31 Å². The Labute approximate surface area is 215 Å². The molecule has 3 aromatic carbocycles. The van der Waals surface area contributed by atoms with Gasteiger partial charge in [0.25, 0.3) is 0 Å². The van der Waals surface area contributed by atoms with Crippen molar-refractivity contribution < 1.29 is 22.3 Å². The zero-order valence-corrected chi connectivity index (χ0v) is 21.4. The summed E-state index contributed by atoms with van der Waals surface area (Å²) in [5, 5.41) is 0.240. The second-order valence-corrected chi connectivity index (χ2v) is 10.7. The molecule has 36 heavy (non-hydrogen) atoms. The molecule has 0 saturated carbocycles. The summed E-state index contributed by atoms with van der Waals surface area (Å²) < 4.78 is 48.0. The number of amides is 1. The van der Waals surface area contributed by atoms with Gasteiger partial charge in [0.1, 0.15) is 16.5 Å². The molecule has 0 radical (unpaired) electrons. The topological polar surface area (TPSA) is 70.2 Å². The highest BCUT2D eigenvalue weighted by Gasteiger charge is 2.32. The Kier molecular flexibility index (Phi) is 8.13. The number of piperazine rings is 1. The van der Waals surface area contributed by atoms with E-state index in [0.717, 1.165) is 9.87 Å². The van der Waals surface area contributed by atoms with Crippen LogP contribution in [0.15, 0.2) is 77.7 Å². The minimum atomic E-state index is -4.14. The van der Waals surface area contributed by atoms with E-state index in [4.69, 9.17) is 16.3 Å². The molecule has 0 spiro atoms. The second-order valence-electron chi connectivity index (χ2n) is 8.37. The zero-order valence-electron chi connectivity index (χ0n) is 19.8. The van der Waals surface area contributed by atoms with Gasteiger partial charge in [-0.05, 0) is 35.9 Å². The van der Waals surface area contributed by atoms with Crippen molar-refractivity contribution in [2.45, 2.75) is 11.4 Å². The van der Waals surface area contributed by atoms with Gasteiger partial charge in [0, 0.05) is 37.7 Å². The van der Waals surface area contributed by atoms with Gasteiger partial charge in [-0.1, -0.05) is 54.1 Å². The standard InChI is InChI=1S/C26H27ClFN3O4S/c1-35-24-12-11-21(27)17-25(24)36(33,34)31(18-20-7-3-2-4-8-20)19-26(32)30-15-13-29(14-16-30)23-10-6-5-9-22(23)28/h2-12,17H,13-16,18-19H2,1H3. The molecule has 0 unspecified atom stereocenters. The number of benzene rings is 3. The molecule has 0 aromatic heterocycles. The number of nitrogens with zero attached hydrogens (tertiary/aromatic N) is 3. The summed E-state index contributed by atoms with van der Waals surface area (Å²) in [5.41, 5.74) is 1.23. The SMILES string of the molecule is COc1ccc(Cl)cc1S(=O)(=O)N(CC(=O)N1CCN(c2ccccc2F)CC1)Cc1ccccc1. The first kappa shape index (κ1) is 25.9. The van der Waals surface area contributed by atoms with Gasteiger partial charge in [-0.25, -0.2) is 12.8 Å². The largest absolute Gasteiger partial charge is 0.495 e. The second kappa shape index (κ2) is 11.3. The highest BCUT2D eigenvalue weighted by molar-refractivity contribution is 7.89. The lowest BCUT2D eigenvalue weighted by atomic mass is 10.2. The number of carbonyl (C=O) groups excluding carboxylic acids is 1. The van der Waals surface area contributed by atoms with E-state index in [2.05, 4.69) is 0 Å². The van der Waals surface area contributed by atoms with E-state index in [9.17, 15) is 17.6 Å². The van der Waals surface area contributed by atoms with Gasteiger partial charge < -0.3 is 14.5 Å². The van der Waals surface area contributed by atoms with E-state index in [0.29, 0.717) is 31.9 Å². The fourth-order valence-electron chi connectivity index (χ4n) is 4.16. The van der Waals surface area contributed by atoms with E-state index in [1.807, 2.05) is 23.1 Å². The number of hydrogen-bond donors (Lipinski definition) is 0.